The quantitative estimate of drug-likeness (QED) is 0.601. The monoisotopic (exact) mass is 406 g/mol. The highest BCUT2D eigenvalue weighted by atomic mass is 16.3. The Morgan fingerprint density at radius 3 is 2.83 bits per heavy atom. The molecule has 3 heterocycles. The van der Waals surface area contributed by atoms with Crippen molar-refractivity contribution in [3.05, 3.63) is 72.4 Å². The zero-order valence-electron chi connectivity index (χ0n) is 17.0. The highest BCUT2D eigenvalue weighted by Crippen LogP contribution is 2.30. The number of aromatic nitrogens is 2. The third-order valence-electron chi connectivity index (χ3n) is 5.66. The number of rotatable bonds is 8. The fourth-order valence-corrected chi connectivity index (χ4v) is 3.96. The van der Waals surface area contributed by atoms with E-state index in [-0.39, 0.29) is 17.9 Å². The molecule has 1 aliphatic rings. The molecule has 4 rings (SSSR count). The average molecular weight is 406 g/mol. The van der Waals surface area contributed by atoms with Gasteiger partial charge < -0.3 is 15.1 Å². The molecule has 0 saturated carbocycles. The second kappa shape index (κ2) is 8.57. The summed E-state index contributed by atoms with van der Waals surface area (Å²) in [5, 5.41) is 10.5. The van der Waals surface area contributed by atoms with Crippen molar-refractivity contribution in [2.45, 2.75) is 50.6 Å². The second-order valence-electron chi connectivity index (χ2n) is 7.93. The molecule has 30 heavy (non-hydrogen) atoms. The molecule has 2 unspecified atom stereocenters. The van der Waals surface area contributed by atoms with Crippen molar-refractivity contribution >= 4 is 11.8 Å². The first-order valence-corrected chi connectivity index (χ1v) is 10.3. The lowest BCUT2D eigenvalue weighted by molar-refractivity contribution is -0.123. The van der Waals surface area contributed by atoms with E-state index >= 15 is 0 Å². The molecule has 0 radical (unpaired) electrons. The summed E-state index contributed by atoms with van der Waals surface area (Å²) in [7, 11) is 0. The van der Waals surface area contributed by atoms with Gasteiger partial charge in [0.15, 0.2) is 0 Å². The Labute approximate surface area is 175 Å². The van der Waals surface area contributed by atoms with Gasteiger partial charge in [0.2, 0.25) is 11.8 Å². The van der Waals surface area contributed by atoms with Gasteiger partial charge in [-0.25, -0.2) is 4.68 Å². The van der Waals surface area contributed by atoms with Crippen molar-refractivity contribution in [3.63, 3.8) is 0 Å². The molecule has 1 saturated heterocycles. The predicted molar refractivity (Wildman–Crippen MR) is 112 cm³/mol. The van der Waals surface area contributed by atoms with Crippen LogP contribution in [0.3, 0.4) is 0 Å². The first kappa shape index (κ1) is 19.9. The van der Waals surface area contributed by atoms with Crippen LogP contribution >= 0.6 is 0 Å². The van der Waals surface area contributed by atoms with Gasteiger partial charge in [0.1, 0.15) is 5.76 Å². The van der Waals surface area contributed by atoms with Gasteiger partial charge in [0.25, 0.3) is 0 Å². The Bertz CT molecular complexity index is 997. The van der Waals surface area contributed by atoms with Gasteiger partial charge in [-0.1, -0.05) is 18.2 Å². The molecular weight excluding hydrogens is 380 g/mol. The third kappa shape index (κ3) is 4.62. The molecule has 3 aromatic rings. The number of nitrogens with zero attached hydrogens (tertiary/aromatic N) is 2. The van der Waals surface area contributed by atoms with E-state index in [2.05, 4.69) is 15.7 Å². The minimum atomic E-state index is -0.423. The minimum absolute atomic E-state index is 0.0312. The topological polar surface area (TPSA) is 89.2 Å². The highest BCUT2D eigenvalue weighted by molar-refractivity contribution is 5.80. The Morgan fingerprint density at radius 1 is 1.30 bits per heavy atom. The fraction of sp³-hybridized carbons (Fsp3) is 0.348. The summed E-state index contributed by atoms with van der Waals surface area (Å²) in [5.41, 5.74) is 1.49. The SMILES string of the molecule is CC(NC(=O)CCC1(Cc2ccco2)CCC(=O)N1)c1cnn(-c2ccccc2)c1. The first-order chi connectivity index (χ1) is 14.5. The van der Waals surface area contributed by atoms with Gasteiger partial charge in [0.05, 0.1) is 24.2 Å². The Kier molecular flexibility index (Phi) is 5.70. The van der Waals surface area contributed by atoms with E-state index in [1.807, 2.05) is 55.6 Å². The summed E-state index contributed by atoms with van der Waals surface area (Å²) in [6, 6.07) is 13.4. The van der Waals surface area contributed by atoms with E-state index in [0.29, 0.717) is 32.1 Å². The molecule has 0 aliphatic carbocycles. The standard InChI is InChI=1S/C23H26N4O3/c1-17(18-15-24-27(16-18)19-6-3-2-4-7-19)25-21(28)9-11-23(12-10-22(29)26-23)14-20-8-5-13-30-20/h2-8,13,15-17H,9-12,14H2,1H3,(H,25,28)(H,26,29). The zero-order valence-corrected chi connectivity index (χ0v) is 17.0. The highest BCUT2D eigenvalue weighted by Gasteiger charge is 2.38. The lowest BCUT2D eigenvalue weighted by Crippen LogP contribution is -2.44. The number of hydrogen-bond donors (Lipinski definition) is 2. The van der Waals surface area contributed by atoms with Crippen LogP contribution in [0.2, 0.25) is 0 Å². The van der Waals surface area contributed by atoms with E-state index in [0.717, 1.165) is 17.0 Å². The van der Waals surface area contributed by atoms with E-state index in [4.69, 9.17) is 4.42 Å². The summed E-state index contributed by atoms with van der Waals surface area (Å²) in [4.78, 5) is 24.5. The number of benzene rings is 1. The largest absolute Gasteiger partial charge is 0.469 e. The average Bonchev–Trinajstić information content (AvgIpc) is 3.49. The smallest absolute Gasteiger partial charge is 0.220 e. The van der Waals surface area contributed by atoms with Crippen LogP contribution in [0, 0.1) is 0 Å². The van der Waals surface area contributed by atoms with Crippen LogP contribution in [0.15, 0.2) is 65.5 Å². The lowest BCUT2D eigenvalue weighted by atomic mass is 9.87. The van der Waals surface area contributed by atoms with Crippen molar-refractivity contribution in [1.29, 1.82) is 0 Å². The molecule has 2 aromatic heterocycles. The van der Waals surface area contributed by atoms with Gasteiger partial charge in [-0.2, -0.15) is 5.10 Å². The van der Waals surface area contributed by atoms with Crippen LogP contribution in [0.1, 0.15) is 50.0 Å². The first-order valence-electron chi connectivity index (χ1n) is 10.3. The summed E-state index contributed by atoms with van der Waals surface area (Å²) in [6.45, 7) is 1.94. The Balaban J connectivity index is 1.34. The summed E-state index contributed by atoms with van der Waals surface area (Å²) in [6.07, 6.45) is 8.02. The fourth-order valence-electron chi connectivity index (χ4n) is 3.96. The molecule has 7 nitrogen and oxygen atoms in total. The molecule has 1 fully saturated rings. The number of hydrogen-bond acceptors (Lipinski definition) is 4. The van der Waals surface area contributed by atoms with Gasteiger partial charge >= 0.3 is 0 Å². The maximum Gasteiger partial charge on any atom is 0.220 e. The van der Waals surface area contributed by atoms with Crippen molar-refractivity contribution < 1.29 is 14.0 Å². The lowest BCUT2D eigenvalue weighted by Gasteiger charge is -2.28. The van der Waals surface area contributed by atoms with Crippen molar-refractivity contribution in [2.75, 3.05) is 0 Å². The molecule has 2 N–H and O–H groups in total. The van der Waals surface area contributed by atoms with Gasteiger partial charge in [-0.15, -0.1) is 0 Å². The number of carbonyl (C=O) groups excluding carboxylic acids is 2. The van der Waals surface area contributed by atoms with E-state index in [9.17, 15) is 9.59 Å². The summed E-state index contributed by atoms with van der Waals surface area (Å²) < 4.78 is 7.26. The Hall–Kier alpha value is -3.35. The zero-order chi connectivity index (χ0) is 21.0. The molecule has 7 heteroatoms. The number of nitrogens with one attached hydrogen (secondary N) is 2. The molecule has 156 valence electrons. The second-order valence-corrected chi connectivity index (χ2v) is 7.93. The molecular formula is C23H26N4O3. The van der Waals surface area contributed by atoms with Gasteiger partial charge in [-0.3, -0.25) is 9.59 Å². The Morgan fingerprint density at radius 2 is 2.13 bits per heavy atom. The van der Waals surface area contributed by atoms with Crippen LogP contribution in [0.25, 0.3) is 5.69 Å². The maximum atomic E-state index is 12.6. The molecule has 0 spiro atoms. The summed E-state index contributed by atoms with van der Waals surface area (Å²) in [5.74, 6) is 0.804. The maximum absolute atomic E-state index is 12.6. The van der Waals surface area contributed by atoms with Crippen LogP contribution in [0.4, 0.5) is 0 Å². The van der Waals surface area contributed by atoms with Crippen LogP contribution in [0.5, 0.6) is 0 Å². The van der Waals surface area contributed by atoms with Crippen molar-refractivity contribution in [2.24, 2.45) is 0 Å². The molecule has 1 aromatic carbocycles. The predicted octanol–water partition coefficient (Wildman–Crippen LogP) is 3.31. The van der Waals surface area contributed by atoms with E-state index in [1.54, 1.807) is 17.1 Å². The van der Waals surface area contributed by atoms with Crippen LogP contribution in [-0.4, -0.2) is 27.1 Å². The minimum Gasteiger partial charge on any atom is -0.469 e. The number of amides is 2. The van der Waals surface area contributed by atoms with Gasteiger partial charge in [-0.05, 0) is 44.0 Å². The van der Waals surface area contributed by atoms with E-state index < -0.39 is 5.54 Å². The number of para-hydroxylation sites is 1. The van der Waals surface area contributed by atoms with E-state index in [1.165, 1.54) is 0 Å². The number of carbonyl (C=O) groups is 2. The summed E-state index contributed by atoms with van der Waals surface area (Å²) >= 11 is 0. The third-order valence-corrected chi connectivity index (χ3v) is 5.66. The molecule has 0 bridgehead atoms. The van der Waals surface area contributed by atoms with Crippen LogP contribution < -0.4 is 10.6 Å². The van der Waals surface area contributed by atoms with Crippen molar-refractivity contribution in [1.82, 2.24) is 20.4 Å². The molecule has 1 aliphatic heterocycles. The molecule has 2 amide bonds. The van der Waals surface area contributed by atoms with Gasteiger partial charge in [0, 0.05) is 36.6 Å². The number of furan rings is 1. The molecule has 2 atom stereocenters. The van der Waals surface area contributed by atoms with Crippen molar-refractivity contribution in [3.8, 4) is 5.69 Å². The normalized spacial score (nSPS) is 19.4. The van der Waals surface area contributed by atoms with Crippen LogP contribution in [-0.2, 0) is 16.0 Å².